The van der Waals surface area contributed by atoms with Gasteiger partial charge < -0.3 is 10.2 Å². The second kappa shape index (κ2) is 7.04. The number of aliphatic hydroxyl groups excluding tert-OH is 1. The zero-order valence-corrected chi connectivity index (χ0v) is 17.6. The molecule has 0 aliphatic heterocycles. The van der Waals surface area contributed by atoms with Gasteiger partial charge in [0, 0.05) is 6.42 Å². The molecular weight excluding hydrogens is 336 g/mol. The van der Waals surface area contributed by atoms with Crippen molar-refractivity contribution in [3.63, 3.8) is 0 Å². The maximum absolute atomic E-state index is 11.2. The summed E-state index contributed by atoms with van der Waals surface area (Å²) in [6.07, 6.45) is 12.5. The lowest BCUT2D eigenvalue weighted by Crippen LogP contribution is -2.57. The van der Waals surface area contributed by atoms with Gasteiger partial charge in [-0.1, -0.05) is 33.6 Å². The molecule has 0 aromatic rings. The number of hydrogen-bond acceptors (Lipinski definition) is 2. The molecule has 2 N–H and O–H groups in total. The molecule has 4 aliphatic carbocycles. The monoisotopic (exact) mass is 376 g/mol. The third kappa shape index (κ3) is 3.07. The van der Waals surface area contributed by atoms with E-state index in [1.54, 1.807) is 0 Å². The highest BCUT2D eigenvalue weighted by Crippen LogP contribution is 2.68. The zero-order valence-electron chi connectivity index (χ0n) is 17.6. The first kappa shape index (κ1) is 19.7. The molecule has 27 heavy (non-hydrogen) atoms. The summed E-state index contributed by atoms with van der Waals surface area (Å²) in [6.45, 7) is 7.33. The van der Waals surface area contributed by atoms with Crippen molar-refractivity contribution in [3.8, 4) is 0 Å². The van der Waals surface area contributed by atoms with Crippen LogP contribution in [-0.2, 0) is 4.79 Å². The molecule has 0 aromatic heterocycles. The van der Waals surface area contributed by atoms with Crippen LogP contribution in [0, 0.1) is 46.3 Å². The molecule has 4 aliphatic rings. The van der Waals surface area contributed by atoms with Crippen LogP contribution in [0.4, 0.5) is 0 Å². The smallest absolute Gasteiger partial charge is 0.303 e. The highest BCUT2D eigenvalue weighted by molar-refractivity contribution is 5.66. The van der Waals surface area contributed by atoms with E-state index in [4.69, 9.17) is 5.11 Å². The van der Waals surface area contributed by atoms with Gasteiger partial charge >= 0.3 is 5.97 Å². The molecule has 3 nitrogen and oxygen atoms in total. The molecule has 4 unspecified atom stereocenters. The Morgan fingerprint density at radius 1 is 1.04 bits per heavy atom. The van der Waals surface area contributed by atoms with Crippen molar-refractivity contribution in [1.82, 2.24) is 0 Å². The first-order valence-corrected chi connectivity index (χ1v) is 11.7. The summed E-state index contributed by atoms with van der Waals surface area (Å²) in [5.74, 6) is 3.02. The molecule has 0 radical (unpaired) electrons. The average molecular weight is 377 g/mol. The Balaban J connectivity index is 1.56. The van der Waals surface area contributed by atoms with Gasteiger partial charge in [-0.25, -0.2) is 0 Å². The van der Waals surface area contributed by atoms with Gasteiger partial charge in [0.15, 0.2) is 0 Å². The summed E-state index contributed by atoms with van der Waals surface area (Å²) in [5.41, 5.74) is 0.758. The highest BCUT2D eigenvalue weighted by atomic mass is 16.4. The van der Waals surface area contributed by atoms with Crippen molar-refractivity contribution in [2.45, 2.75) is 97.5 Å². The molecule has 4 rings (SSSR count). The number of aliphatic carboxylic acids is 1. The van der Waals surface area contributed by atoms with Gasteiger partial charge in [-0.3, -0.25) is 4.79 Å². The van der Waals surface area contributed by atoms with E-state index < -0.39 is 5.97 Å². The largest absolute Gasteiger partial charge is 0.481 e. The van der Waals surface area contributed by atoms with Crippen molar-refractivity contribution in [1.29, 1.82) is 0 Å². The van der Waals surface area contributed by atoms with Gasteiger partial charge in [0.1, 0.15) is 0 Å². The Morgan fingerprint density at radius 2 is 1.78 bits per heavy atom. The fourth-order valence-corrected chi connectivity index (χ4v) is 8.78. The van der Waals surface area contributed by atoms with E-state index in [-0.39, 0.29) is 6.10 Å². The van der Waals surface area contributed by atoms with Crippen LogP contribution >= 0.6 is 0 Å². The molecule has 0 amide bonds. The second-order valence-electron chi connectivity index (χ2n) is 11.2. The van der Waals surface area contributed by atoms with E-state index in [0.29, 0.717) is 46.8 Å². The molecule has 0 bridgehead atoms. The van der Waals surface area contributed by atoms with Crippen molar-refractivity contribution in [2.24, 2.45) is 46.3 Å². The SMILES string of the molecule is CC(CCC(=O)O)[C@H]1CCC2C3C(O)C[C@H]4CCCC[C@]4(C)[C@H]3CC[C@]21C. The minimum absolute atomic E-state index is 0.108. The normalized spacial score (nSPS) is 50.4. The van der Waals surface area contributed by atoms with Crippen molar-refractivity contribution >= 4 is 5.97 Å². The number of fused-ring (bicyclic) bond motifs is 5. The van der Waals surface area contributed by atoms with Gasteiger partial charge in [-0.15, -0.1) is 0 Å². The maximum Gasteiger partial charge on any atom is 0.303 e. The molecule has 0 heterocycles. The van der Waals surface area contributed by atoms with Crippen LogP contribution in [-0.4, -0.2) is 22.3 Å². The molecule has 0 spiro atoms. The zero-order chi connectivity index (χ0) is 19.4. The standard InChI is InChI=1S/C24H40O3/c1-15(7-10-21(26)27)17-8-9-18-22-19(11-13-24(17,18)3)23(2)12-5-4-6-16(23)14-20(22)25/h15-20,22,25H,4-14H2,1-3H3,(H,26,27)/t15?,16-,17-,18?,19+,20?,22?,23+,24+/m1/s1. The summed E-state index contributed by atoms with van der Waals surface area (Å²) in [6, 6.07) is 0. The lowest BCUT2D eigenvalue weighted by atomic mass is 9.44. The third-order valence-electron chi connectivity index (χ3n) is 10.2. The average Bonchev–Trinajstić information content (AvgIpc) is 2.97. The predicted octanol–water partition coefficient (Wildman–Crippen LogP) is 5.51. The van der Waals surface area contributed by atoms with Gasteiger partial charge in [-0.2, -0.15) is 0 Å². The molecule has 154 valence electrons. The quantitative estimate of drug-likeness (QED) is 0.680. The Labute approximate surface area is 165 Å². The number of carboxylic acid groups (broad SMARTS) is 1. The van der Waals surface area contributed by atoms with Crippen LogP contribution < -0.4 is 0 Å². The van der Waals surface area contributed by atoms with Gasteiger partial charge in [-0.05, 0) is 97.7 Å². The van der Waals surface area contributed by atoms with Crippen LogP contribution in [0.2, 0.25) is 0 Å². The van der Waals surface area contributed by atoms with E-state index in [1.165, 1.54) is 51.4 Å². The van der Waals surface area contributed by atoms with Crippen LogP contribution in [0.3, 0.4) is 0 Å². The number of carbonyl (C=O) groups is 1. The maximum atomic E-state index is 11.2. The third-order valence-corrected chi connectivity index (χ3v) is 10.2. The van der Waals surface area contributed by atoms with E-state index in [2.05, 4.69) is 20.8 Å². The van der Waals surface area contributed by atoms with Gasteiger partial charge in [0.2, 0.25) is 0 Å². The van der Waals surface area contributed by atoms with Crippen molar-refractivity contribution in [2.75, 3.05) is 0 Å². The first-order valence-electron chi connectivity index (χ1n) is 11.7. The number of rotatable bonds is 4. The van der Waals surface area contributed by atoms with Crippen LogP contribution in [0.5, 0.6) is 0 Å². The number of carboxylic acids is 1. The van der Waals surface area contributed by atoms with Gasteiger partial charge in [0.25, 0.3) is 0 Å². The molecule has 4 fully saturated rings. The fourth-order valence-electron chi connectivity index (χ4n) is 8.78. The van der Waals surface area contributed by atoms with Crippen LogP contribution in [0.15, 0.2) is 0 Å². The molecule has 4 saturated carbocycles. The van der Waals surface area contributed by atoms with E-state index in [0.717, 1.165) is 18.8 Å². The topological polar surface area (TPSA) is 57.5 Å². The molecule has 0 saturated heterocycles. The van der Waals surface area contributed by atoms with Crippen molar-refractivity contribution in [3.05, 3.63) is 0 Å². The summed E-state index contributed by atoms with van der Waals surface area (Å²) < 4.78 is 0. The van der Waals surface area contributed by atoms with Crippen LogP contribution in [0.25, 0.3) is 0 Å². The minimum Gasteiger partial charge on any atom is -0.481 e. The Morgan fingerprint density at radius 3 is 2.52 bits per heavy atom. The molecule has 3 heteroatoms. The minimum atomic E-state index is -0.663. The predicted molar refractivity (Wildman–Crippen MR) is 107 cm³/mol. The summed E-state index contributed by atoms with van der Waals surface area (Å²) in [7, 11) is 0. The summed E-state index contributed by atoms with van der Waals surface area (Å²) in [5, 5.41) is 20.3. The van der Waals surface area contributed by atoms with E-state index >= 15 is 0 Å². The highest BCUT2D eigenvalue weighted by Gasteiger charge is 2.62. The Bertz CT molecular complexity index is 574. The molecule has 0 aromatic carbocycles. The Kier molecular flexibility index (Phi) is 5.15. The van der Waals surface area contributed by atoms with Gasteiger partial charge in [0.05, 0.1) is 6.10 Å². The van der Waals surface area contributed by atoms with Crippen molar-refractivity contribution < 1.29 is 15.0 Å². The number of aliphatic hydroxyl groups is 1. The molecule has 9 atom stereocenters. The van der Waals surface area contributed by atoms with E-state index in [1.807, 2.05) is 0 Å². The van der Waals surface area contributed by atoms with Crippen LogP contribution in [0.1, 0.15) is 91.4 Å². The second-order valence-corrected chi connectivity index (χ2v) is 11.2. The first-order chi connectivity index (χ1) is 12.8. The summed E-state index contributed by atoms with van der Waals surface area (Å²) >= 11 is 0. The summed E-state index contributed by atoms with van der Waals surface area (Å²) in [4.78, 5) is 11.0. The molecular formula is C24H40O3. The number of hydrogen-bond donors (Lipinski definition) is 2. The lowest BCUT2D eigenvalue weighted by molar-refractivity contribution is -0.164. The van der Waals surface area contributed by atoms with E-state index in [9.17, 15) is 9.90 Å². The fraction of sp³-hybridized carbons (Fsp3) is 0.958. The Hall–Kier alpha value is -0.570. The lowest BCUT2D eigenvalue weighted by Gasteiger charge is -2.62.